The first-order valence-electron chi connectivity index (χ1n) is 7.07. The van der Waals surface area contributed by atoms with E-state index in [4.69, 9.17) is 0 Å². The molecule has 0 bridgehead atoms. The monoisotopic (exact) mass is 289 g/mol. The SMILES string of the molecule is O=C(C=Cc1ccccc1[N+](=O)[O-])NCC1CCNCC1. The molecular weight excluding hydrogens is 270 g/mol. The van der Waals surface area contributed by atoms with Crippen LogP contribution in [0.3, 0.4) is 0 Å². The molecule has 1 fully saturated rings. The Morgan fingerprint density at radius 1 is 1.38 bits per heavy atom. The molecule has 2 N–H and O–H groups in total. The third-order valence-electron chi connectivity index (χ3n) is 3.57. The molecule has 1 saturated heterocycles. The number of hydrogen-bond donors (Lipinski definition) is 2. The minimum absolute atomic E-state index is 0.0000881. The van der Waals surface area contributed by atoms with Gasteiger partial charge in [-0.25, -0.2) is 0 Å². The Kier molecular flexibility index (Phi) is 5.45. The van der Waals surface area contributed by atoms with E-state index in [0.717, 1.165) is 25.9 Å². The molecule has 2 rings (SSSR count). The van der Waals surface area contributed by atoms with E-state index >= 15 is 0 Å². The fraction of sp³-hybridized carbons (Fsp3) is 0.400. The van der Waals surface area contributed by atoms with Gasteiger partial charge in [0.15, 0.2) is 0 Å². The Balaban J connectivity index is 1.88. The standard InChI is InChI=1S/C15H19N3O3/c19-15(17-11-12-7-9-16-10-8-12)6-5-13-3-1-2-4-14(13)18(20)21/h1-6,12,16H,7-11H2,(H,17,19). The predicted molar refractivity (Wildman–Crippen MR) is 80.7 cm³/mol. The zero-order valence-corrected chi connectivity index (χ0v) is 11.7. The first-order valence-corrected chi connectivity index (χ1v) is 7.07. The number of nitrogens with zero attached hydrogens (tertiary/aromatic N) is 1. The second-order valence-electron chi connectivity index (χ2n) is 5.09. The summed E-state index contributed by atoms with van der Waals surface area (Å²) in [6.07, 6.45) is 4.96. The highest BCUT2D eigenvalue weighted by molar-refractivity contribution is 5.92. The van der Waals surface area contributed by atoms with E-state index in [2.05, 4.69) is 10.6 Å². The zero-order chi connectivity index (χ0) is 15.1. The Hall–Kier alpha value is -2.21. The lowest BCUT2D eigenvalue weighted by Gasteiger charge is -2.22. The molecule has 1 amide bonds. The van der Waals surface area contributed by atoms with Crippen molar-refractivity contribution in [1.29, 1.82) is 0 Å². The van der Waals surface area contributed by atoms with Crippen LogP contribution in [0.25, 0.3) is 6.08 Å². The number of carbonyl (C=O) groups excluding carboxylic acids is 1. The molecule has 0 saturated carbocycles. The van der Waals surface area contributed by atoms with Crippen molar-refractivity contribution in [3.8, 4) is 0 Å². The summed E-state index contributed by atoms with van der Waals surface area (Å²) in [6, 6.07) is 6.35. The van der Waals surface area contributed by atoms with E-state index < -0.39 is 4.92 Å². The average molecular weight is 289 g/mol. The van der Waals surface area contributed by atoms with E-state index in [1.807, 2.05) is 0 Å². The highest BCUT2D eigenvalue weighted by Crippen LogP contribution is 2.18. The van der Waals surface area contributed by atoms with Crippen molar-refractivity contribution in [2.45, 2.75) is 12.8 Å². The van der Waals surface area contributed by atoms with Crippen molar-refractivity contribution in [2.75, 3.05) is 19.6 Å². The fourth-order valence-corrected chi connectivity index (χ4v) is 2.35. The van der Waals surface area contributed by atoms with Gasteiger partial charge < -0.3 is 10.6 Å². The molecule has 1 heterocycles. The van der Waals surface area contributed by atoms with E-state index in [1.165, 1.54) is 18.2 Å². The van der Waals surface area contributed by atoms with E-state index in [1.54, 1.807) is 18.2 Å². The average Bonchev–Trinajstić information content (AvgIpc) is 2.52. The maximum Gasteiger partial charge on any atom is 0.276 e. The number of carbonyl (C=O) groups is 1. The van der Waals surface area contributed by atoms with Crippen molar-refractivity contribution < 1.29 is 9.72 Å². The van der Waals surface area contributed by atoms with Gasteiger partial charge in [0.1, 0.15) is 0 Å². The van der Waals surface area contributed by atoms with Crippen molar-refractivity contribution in [1.82, 2.24) is 10.6 Å². The second kappa shape index (κ2) is 7.54. The molecule has 21 heavy (non-hydrogen) atoms. The normalized spacial score (nSPS) is 16.0. The summed E-state index contributed by atoms with van der Waals surface area (Å²) in [6.45, 7) is 2.64. The van der Waals surface area contributed by atoms with Gasteiger partial charge in [-0.05, 0) is 44.0 Å². The molecule has 1 aliphatic rings. The molecule has 1 aromatic carbocycles. The van der Waals surface area contributed by atoms with Gasteiger partial charge in [0.05, 0.1) is 10.5 Å². The lowest BCUT2D eigenvalue weighted by atomic mass is 9.98. The topological polar surface area (TPSA) is 84.3 Å². The van der Waals surface area contributed by atoms with Gasteiger partial charge in [-0.1, -0.05) is 12.1 Å². The molecule has 0 aliphatic carbocycles. The largest absolute Gasteiger partial charge is 0.352 e. The molecule has 0 radical (unpaired) electrons. The van der Waals surface area contributed by atoms with Gasteiger partial charge >= 0.3 is 0 Å². The minimum Gasteiger partial charge on any atom is -0.352 e. The number of nitro groups is 1. The summed E-state index contributed by atoms with van der Waals surface area (Å²) in [5, 5.41) is 17.0. The van der Waals surface area contributed by atoms with E-state index in [0.29, 0.717) is 18.0 Å². The van der Waals surface area contributed by atoms with Gasteiger partial charge in [0.25, 0.3) is 5.69 Å². The maximum absolute atomic E-state index is 11.8. The molecular formula is C15H19N3O3. The van der Waals surface area contributed by atoms with Crippen LogP contribution >= 0.6 is 0 Å². The van der Waals surface area contributed by atoms with Crippen molar-refractivity contribution in [2.24, 2.45) is 5.92 Å². The first-order chi connectivity index (χ1) is 10.2. The third kappa shape index (κ3) is 4.68. The highest BCUT2D eigenvalue weighted by atomic mass is 16.6. The van der Waals surface area contributed by atoms with Crippen LogP contribution in [0.5, 0.6) is 0 Å². The summed E-state index contributed by atoms with van der Waals surface area (Å²) in [5.41, 5.74) is 0.430. The van der Waals surface area contributed by atoms with Crippen LogP contribution in [0.2, 0.25) is 0 Å². The van der Waals surface area contributed by atoms with Crippen LogP contribution < -0.4 is 10.6 Å². The zero-order valence-electron chi connectivity index (χ0n) is 11.7. The Morgan fingerprint density at radius 2 is 2.10 bits per heavy atom. The molecule has 6 nitrogen and oxygen atoms in total. The van der Waals surface area contributed by atoms with E-state index in [9.17, 15) is 14.9 Å². The summed E-state index contributed by atoms with van der Waals surface area (Å²) in [7, 11) is 0. The van der Waals surface area contributed by atoms with Gasteiger partial charge in [-0.15, -0.1) is 0 Å². The predicted octanol–water partition coefficient (Wildman–Crippen LogP) is 1.72. The minimum atomic E-state index is -0.452. The van der Waals surface area contributed by atoms with Crippen LogP contribution in [0.15, 0.2) is 30.3 Å². The van der Waals surface area contributed by atoms with Gasteiger partial charge in [-0.3, -0.25) is 14.9 Å². The van der Waals surface area contributed by atoms with Crippen LogP contribution in [-0.4, -0.2) is 30.5 Å². The van der Waals surface area contributed by atoms with Crippen LogP contribution in [0.1, 0.15) is 18.4 Å². The summed E-state index contributed by atoms with van der Waals surface area (Å²) >= 11 is 0. The van der Waals surface area contributed by atoms with Crippen molar-refractivity contribution >= 4 is 17.7 Å². The Labute approximate surface area is 123 Å². The van der Waals surface area contributed by atoms with Crippen molar-refractivity contribution in [3.63, 3.8) is 0 Å². The lowest BCUT2D eigenvalue weighted by Crippen LogP contribution is -2.35. The number of amides is 1. The molecule has 1 aromatic rings. The molecule has 0 aromatic heterocycles. The molecule has 0 atom stereocenters. The highest BCUT2D eigenvalue weighted by Gasteiger charge is 2.13. The first kappa shape index (κ1) is 15.2. The Bertz CT molecular complexity index is 537. The number of piperidine rings is 1. The summed E-state index contributed by atoms with van der Waals surface area (Å²) < 4.78 is 0. The quantitative estimate of drug-likeness (QED) is 0.491. The third-order valence-corrected chi connectivity index (χ3v) is 3.57. The van der Waals surface area contributed by atoms with Crippen LogP contribution in [0, 0.1) is 16.0 Å². The number of hydrogen-bond acceptors (Lipinski definition) is 4. The molecule has 0 spiro atoms. The maximum atomic E-state index is 11.8. The van der Waals surface area contributed by atoms with Gasteiger partial charge in [-0.2, -0.15) is 0 Å². The van der Waals surface area contributed by atoms with Crippen molar-refractivity contribution in [3.05, 3.63) is 46.0 Å². The summed E-state index contributed by atoms with van der Waals surface area (Å²) in [4.78, 5) is 22.2. The number of benzene rings is 1. The lowest BCUT2D eigenvalue weighted by molar-refractivity contribution is -0.385. The number of nitro benzene ring substituents is 1. The number of nitrogens with one attached hydrogen (secondary N) is 2. The smallest absolute Gasteiger partial charge is 0.276 e. The fourth-order valence-electron chi connectivity index (χ4n) is 2.35. The number of para-hydroxylation sites is 1. The van der Waals surface area contributed by atoms with Crippen LogP contribution in [0.4, 0.5) is 5.69 Å². The molecule has 1 aliphatic heterocycles. The molecule has 112 valence electrons. The molecule has 6 heteroatoms. The van der Waals surface area contributed by atoms with E-state index in [-0.39, 0.29) is 11.6 Å². The summed E-state index contributed by atoms with van der Waals surface area (Å²) in [5.74, 6) is 0.293. The second-order valence-corrected chi connectivity index (χ2v) is 5.09. The van der Waals surface area contributed by atoms with Gasteiger partial charge in [0.2, 0.25) is 5.91 Å². The van der Waals surface area contributed by atoms with Crippen LogP contribution in [-0.2, 0) is 4.79 Å². The number of rotatable bonds is 5. The van der Waals surface area contributed by atoms with Gasteiger partial charge in [0, 0.05) is 18.7 Å². The Morgan fingerprint density at radius 3 is 2.81 bits per heavy atom. The molecule has 0 unspecified atom stereocenters.